The van der Waals surface area contributed by atoms with Gasteiger partial charge in [0, 0.05) is 13.1 Å². The van der Waals surface area contributed by atoms with Crippen molar-refractivity contribution < 1.29 is 4.39 Å². The van der Waals surface area contributed by atoms with Crippen LogP contribution in [0.15, 0.2) is 12.4 Å². The maximum absolute atomic E-state index is 13.4. The number of halogens is 1. The first kappa shape index (κ1) is 9.24. The maximum atomic E-state index is 13.4. The molecule has 2 N–H and O–H groups in total. The molecule has 3 nitrogen and oxygen atoms in total. The minimum Gasteiger partial charge on any atom is -0.396 e. The van der Waals surface area contributed by atoms with Crippen LogP contribution in [-0.2, 0) is 0 Å². The van der Waals surface area contributed by atoms with Crippen molar-refractivity contribution in [3.8, 4) is 0 Å². The van der Waals surface area contributed by atoms with E-state index in [1.54, 1.807) is 0 Å². The molecule has 2 heterocycles. The van der Waals surface area contributed by atoms with Crippen molar-refractivity contribution in [3.05, 3.63) is 24.6 Å². The first-order chi connectivity index (χ1) is 6.79. The zero-order chi connectivity index (χ0) is 9.97. The summed E-state index contributed by atoms with van der Waals surface area (Å²) in [7, 11) is 0. The summed E-state index contributed by atoms with van der Waals surface area (Å²) in [6.07, 6.45) is 6.90. The highest BCUT2D eigenvalue weighted by atomic mass is 19.1. The van der Waals surface area contributed by atoms with E-state index in [2.05, 4.69) is 11.4 Å². The molecule has 0 bridgehead atoms. The number of piperidine rings is 1. The molecular weight excluding hydrogens is 181 g/mol. The van der Waals surface area contributed by atoms with E-state index in [0.717, 1.165) is 25.9 Å². The minimum absolute atomic E-state index is 0.327. The largest absolute Gasteiger partial charge is 0.396 e. The number of nitrogen functional groups attached to an aromatic ring is 1. The molecule has 4 heteroatoms. The molecule has 0 unspecified atom stereocenters. The third-order valence-electron chi connectivity index (χ3n) is 2.42. The second-order valence-corrected chi connectivity index (χ2v) is 3.41. The molecule has 0 saturated carbocycles. The Morgan fingerprint density at radius 2 is 2.00 bits per heavy atom. The molecule has 1 fully saturated rings. The van der Waals surface area contributed by atoms with Gasteiger partial charge in [-0.1, -0.05) is 0 Å². The van der Waals surface area contributed by atoms with E-state index in [4.69, 9.17) is 5.73 Å². The summed E-state index contributed by atoms with van der Waals surface area (Å²) in [6.45, 7) is 1.68. The van der Waals surface area contributed by atoms with Crippen LogP contribution in [0.1, 0.15) is 12.8 Å². The van der Waals surface area contributed by atoms with Gasteiger partial charge in [-0.15, -0.1) is 0 Å². The Morgan fingerprint density at radius 3 is 2.64 bits per heavy atom. The van der Waals surface area contributed by atoms with Crippen molar-refractivity contribution in [2.45, 2.75) is 12.8 Å². The lowest BCUT2D eigenvalue weighted by Crippen LogP contribution is -2.31. The summed E-state index contributed by atoms with van der Waals surface area (Å²) < 4.78 is 13.4. The Hall–Kier alpha value is -1.32. The summed E-state index contributed by atoms with van der Waals surface area (Å²) in [5.41, 5.74) is 6.63. The fourth-order valence-electron chi connectivity index (χ4n) is 1.75. The van der Waals surface area contributed by atoms with Crippen LogP contribution in [0.2, 0.25) is 0 Å². The number of hydrogen-bond donors (Lipinski definition) is 1. The molecule has 1 aromatic rings. The molecule has 0 aromatic carbocycles. The Bertz CT molecular complexity index is 301. The van der Waals surface area contributed by atoms with Gasteiger partial charge in [-0.05, 0) is 19.3 Å². The van der Waals surface area contributed by atoms with Gasteiger partial charge < -0.3 is 10.6 Å². The number of rotatable bonds is 1. The van der Waals surface area contributed by atoms with Gasteiger partial charge in [0.05, 0.1) is 23.8 Å². The van der Waals surface area contributed by atoms with Crippen molar-refractivity contribution in [1.82, 2.24) is 4.98 Å². The van der Waals surface area contributed by atoms with Crippen molar-refractivity contribution in [2.75, 3.05) is 23.7 Å². The van der Waals surface area contributed by atoms with Gasteiger partial charge in [-0.25, -0.2) is 4.39 Å². The van der Waals surface area contributed by atoms with Gasteiger partial charge in [0.25, 0.3) is 0 Å². The van der Waals surface area contributed by atoms with E-state index < -0.39 is 0 Å². The predicted octanol–water partition coefficient (Wildman–Crippen LogP) is 1.61. The highest BCUT2D eigenvalue weighted by Gasteiger charge is 2.17. The topological polar surface area (TPSA) is 42.1 Å². The molecular formula is C10H13FN3. The molecule has 1 saturated heterocycles. The normalized spacial score (nSPS) is 17.1. The number of pyridine rings is 1. The first-order valence-electron chi connectivity index (χ1n) is 4.74. The summed E-state index contributed by atoms with van der Waals surface area (Å²) in [5.74, 6) is -0.327. The van der Waals surface area contributed by atoms with E-state index in [1.165, 1.54) is 12.4 Å². The van der Waals surface area contributed by atoms with Crippen molar-refractivity contribution in [1.29, 1.82) is 0 Å². The fourth-order valence-corrected chi connectivity index (χ4v) is 1.75. The van der Waals surface area contributed by atoms with Gasteiger partial charge in [0.1, 0.15) is 0 Å². The summed E-state index contributed by atoms with van der Waals surface area (Å²) in [5, 5.41) is 0. The molecule has 0 amide bonds. The Kier molecular flexibility index (Phi) is 2.52. The number of aromatic nitrogens is 1. The number of hydrogen-bond acceptors (Lipinski definition) is 3. The number of anilines is 2. The van der Waals surface area contributed by atoms with E-state index in [-0.39, 0.29) is 5.82 Å². The molecule has 1 aliphatic rings. The van der Waals surface area contributed by atoms with Gasteiger partial charge in [-0.3, -0.25) is 4.98 Å². The zero-order valence-corrected chi connectivity index (χ0v) is 7.91. The zero-order valence-electron chi connectivity index (χ0n) is 7.91. The van der Waals surface area contributed by atoms with E-state index in [9.17, 15) is 4.39 Å². The van der Waals surface area contributed by atoms with Crippen LogP contribution in [0.25, 0.3) is 0 Å². The molecule has 1 aliphatic heterocycles. The average molecular weight is 194 g/mol. The standard InChI is InChI=1S/C10H13FN3/c11-8-6-13-7-9(12)10(8)14-4-2-1-3-5-14/h1,6-7H,2-5,12H2. The molecule has 14 heavy (non-hydrogen) atoms. The van der Waals surface area contributed by atoms with E-state index in [0.29, 0.717) is 11.4 Å². The smallest absolute Gasteiger partial charge is 0.166 e. The van der Waals surface area contributed by atoms with E-state index >= 15 is 0 Å². The van der Waals surface area contributed by atoms with Gasteiger partial charge >= 0.3 is 0 Å². The van der Waals surface area contributed by atoms with Crippen LogP contribution >= 0.6 is 0 Å². The third-order valence-corrected chi connectivity index (χ3v) is 2.42. The molecule has 2 rings (SSSR count). The van der Waals surface area contributed by atoms with Gasteiger partial charge in [-0.2, -0.15) is 0 Å². The van der Waals surface area contributed by atoms with Gasteiger partial charge in [0.15, 0.2) is 5.82 Å². The first-order valence-corrected chi connectivity index (χ1v) is 4.74. The minimum atomic E-state index is -0.327. The van der Waals surface area contributed by atoms with Crippen LogP contribution in [0.5, 0.6) is 0 Å². The molecule has 75 valence electrons. The number of nitrogens with zero attached hydrogens (tertiary/aromatic N) is 2. The lowest BCUT2D eigenvalue weighted by Gasteiger charge is -2.29. The molecule has 1 radical (unpaired) electrons. The lowest BCUT2D eigenvalue weighted by molar-refractivity contribution is 0.599. The fraction of sp³-hybridized carbons (Fsp3) is 0.400. The Morgan fingerprint density at radius 1 is 1.29 bits per heavy atom. The van der Waals surface area contributed by atoms with Crippen LogP contribution in [0, 0.1) is 12.2 Å². The van der Waals surface area contributed by atoms with Crippen molar-refractivity contribution >= 4 is 11.4 Å². The van der Waals surface area contributed by atoms with Crippen molar-refractivity contribution in [2.24, 2.45) is 0 Å². The molecule has 1 aromatic heterocycles. The molecule has 0 spiro atoms. The maximum Gasteiger partial charge on any atom is 0.166 e. The average Bonchev–Trinajstić information content (AvgIpc) is 2.19. The second-order valence-electron chi connectivity index (χ2n) is 3.41. The predicted molar refractivity (Wildman–Crippen MR) is 54.4 cm³/mol. The van der Waals surface area contributed by atoms with Gasteiger partial charge in [0.2, 0.25) is 0 Å². The highest BCUT2D eigenvalue weighted by molar-refractivity contribution is 5.67. The number of nitrogens with two attached hydrogens (primary N) is 1. The Balaban J connectivity index is 2.29. The second kappa shape index (κ2) is 3.82. The van der Waals surface area contributed by atoms with E-state index in [1.807, 2.05) is 4.90 Å². The summed E-state index contributed by atoms with van der Waals surface area (Å²) >= 11 is 0. The highest BCUT2D eigenvalue weighted by Crippen LogP contribution is 2.27. The molecule has 0 aliphatic carbocycles. The quantitative estimate of drug-likeness (QED) is 0.738. The lowest BCUT2D eigenvalue weighted by atomic mass is 10.1. The third kappa shape index (κ3) is 1.64. The van der Waals surface area contributed by atoms with Crippen LogP contribution in [0.3, 0.4) is 0 Å². The van der Waals surface area contributed by atoms with Crippen molar-refractivity contribution in [3.63, 3.8) is 0 Å². The summed E-state index contributed by atoms with van der Waals surface area (Å²) in [6, 6.07) is 0. The monoisotopic (exact) mass is 194 g/mol. The van der Waals surface area contributed by atoms with Crippen LogP contribution in [-0.4, -0.2) is 18.1 Å². The molecule has 0 atom stereocenters. The van der Waals surface area contributed by atoms with Crippen LogP contribution < -0.4 is 10.6 Å². The SMILES string of the molecule is Nc1cncc(F)c1N1CC[CH]CC1. The van der Waals surface area contributed by atoms with Crippen LogP contribution in [0.4, 0.5) is 15.8 Å². The summed E-state index contributed by atoms with van der Waals surface area (Å²) in [4.78, 5) is 5.68. The Labute approximate surface area is 82.7 Å².